The fraction of sp³-hybridized carbons (Fsp3) is 0.333. The van der Waals surface area contributed by atoms with E-state index in [1.807, 2.05) is 17.0 Å². The van der Waals surface area contributed by atoms with Gasteiger partial charge in [0.1, 0.15) is 5.75 Å². The zero-order chi connectivity index (χ0) is 20.3. The molecular formula is C21H23ClN2O4. The Bertz CT molecular complexity index is 842. The van der Waals surface area contributed by atoms with Crippen molar-refractivity contribution in [3.63, 3.8) is 0 Å². The number of hydrogen-bond donors (Lipinski definition) is 1. The van der Waals surface area contributed by atoms with Crippen molar-refractivity contribution >= 4 is 29.2 Å². The summed E-state index contributed by atoms with van der Waals surface area (Å²) in [5.41, 5.74) is 0.370. The highest BCUT2D eigenvalue weighted by atomic mass is 35.5. The van der Waals surface area contributed by atoms with Crippen molar-refractivity contribution in [1.29, 1.82) is 0 Å². The Morgan fingerprint density at radius 2 is 1.54 bits per heavy atom. The van der Waals surface area contributed by atoms with Gasteiger partial charge < -0.3 is 19.6 Å². The molecule has 0 saturated carbocycles. The van der Waals surface area contributed by atoms with Gasteiger partial charge in [-0.1, -0.05) is 11.6 Å². The number of carbonyl (C=O) groups excluding carboxylic acids is 1. The largest absolute Gasteiger partial charge is 0.478 e. The third kappa shape index (κ3) is 4.57. The topological polar surface area (TPSA) is 70.1 Å². The minimum Gasteiger partial charge on any atom is -0.478 e. The number of hydrogen-bond acceptors (Lipinski definition) is 4. The van der Waals surface area contributed by atoms with Crippen LogP contribution in [0, 0.1) is 0 Å². The van der Waals surface area contributed by atoms with Gasteiger partial charge in [0.2, 0.25) is 0 Å². The minimum atomic E-state index is -1.28. The zero-order valence-corrected chi connectivity index (χ0v) is 16.6. The van der Waals surface area contributed by atoms with Crippen LogP contribution < -0.4 is 9.64 Å². The van der Waals surface area contributed by atoms with E-state index in [1.165, 1.54) is 13.8 Å². The van der Waals surface area contributed by atoms with E-state index >= 15 is 0 Å². The normalized spacial score (nSPS) is 14.7. The first-order chi connectivity index (χ1) is 13.3. The first-order valence-corrected chi connectivity index (χ1v) is 9.46. The lowest BCUT2D eigenvalue weighted by molar-refractivity contribution is -0.152. The predicted octanol–water partition coefficient (Wildman–Crippen LogP) is 3.54. The van der Waals surface area contributed by atoms with E-state index in [1.54, 1.807) is 36.4 Å². The van der Waals surface area contributed by atoms with Crippen molar-refractivity contribution in [1.82, 2.24) is 4.90 Å². The molecule has 2 aromatic carbocycles. The van der Waals surface area contributed by atoms with Crippen molar-refractivity contribution in [2.24, 2.45) is 0 Å². The Kier molecular flexibility index (Phi) is 5.79. The molecule has 0 spiro atoms. The van der Waals surface area contributed by atoms with Gasteiger partial charge in [0, 0.05) is 42.5 Å². The average molecular weight is 403 g/mol. The van der Waals surface area contributed by atoms with Gasteiger partial charge in [0.15, 0.2) is 5.60 Å². The van der Waals surface area contributed by atoms with E-state index in [2.05, 4.69) is 4.90 Å². The zero-order valence-electron chi connectivity index (χ0n) is 15.9. The molecular weight excluding hydrogens is 380 g/mol. The Labute approximate surface area is 169 Å². The molecule has 0 radical (unpaired) electrons. The summed E-state index contributed by atoms with van der Waals surface area (Å²) >= 11 is 5.88. The average Bonchev–Trinajstić information content (AvgIpc) is 2.68. The quantitative estimate of drug-likeness (QED) is 0.828. The molecule has 0 atom stereocenters. The van der Waals surface area contributed by atoms with E-state index in [9.17, 15) is 9.59 Å². The van der Waals surface area contributed by atoms with Gasteiger partial charge in [-0.3, -0.25) is 4.79 Å². The van der Waals surface area contributed by atoms with E-state index in [-0.39, 0.29) is 5.91 Å². The number of amides is 1. The van der Waals surface area contributed by atoms with E-state index < -0.39 is 11.6 Å². The number of nitrogens with zero attached hydrogens (tertiary/aromatic N) is 2. The second-order valence-corrected chi connectivity index (χ2v) is 7.63. The first-order valence-electron chi connectivity index (χ1n) is 9.08. The lowest BCUT2D eigenvalue weighted by Crippen LogP contribution is -2.48. The lowest BCUT2D eigenvalue weighted by atomic mass is 10.1. The van der Waals surface area contributed by atoms with Crippen LogP contribution in [0.15, 0.2) is 48.5 Å². The van der Waals surface area contributed by atoms with Crippen LogP contribution in [0.1, 0.15) is 24.2 Å². The lowest BCUT2D eigenvalue weighted by Gasteiger charge is -2.36. The molecule has 0 aromatic heterocycles. The van der Waals surface area contributed by atoms with Crippen LogP contribution in [0.25, 0.3) is 0 Å². The minimum absolute atomic E-state index is 0.0102. The van der Waals surface area contributed by atoms with Gasteiger partial charge in [-0.2, -0.15) is 0 Å². The highest BCUT2D eigenvalue weighted by Gasteiger charge is 2.29. The smallest absolute Gasteiger partial charge is 0.347 e. The molecule has 28 heavy (non-hydrogen) atoms. The van der Waals surface area contributed by atoms with Crippen LogP contribution in [-0.4, -0.2) is 53.7 Å². The summed E-state index contributed by atoms with van der Waals surface area (Å²) in [6.45, 7) is 5.73. The van der Waals surface area contributed by atoms with Crippen LogP contribution >= 0.6 is 11.6 Å². The summed E-state index contributed by atoms with van der Waals surface area (Å²) in [5, 5.41) is 9.77. The summed E-state index contributed by atoms with van der Waals surface area (Å²) in [4.78, 5) is 27.8. The van der Waals surface area contributed by atoms with Crippen molar-refractivity contribution in [3.8, 4) is 5.75 Å². The highest BCUT2D eigenvalue weighted by Crippen LogP contribution is 2.24. The third-order valence-electron chi connectivity index (χ3n) is 4.75. The van der Waals surface area contributed by atoms with Crippen molar-refractivity contribution in [3.05, 3.63) is 59.1 Å². The SMILES string of the molecule is CC(C)(Oc1ccc(N2CCN(C(=O)c3ccc(Cl)cc3)CC2)cc1)C(=O)O. The standard InChI is InChI=1S/C21H23ClN2O4/c1-21(2,20(26)27)28-18-9-7-17(8-10-18)23-11-13-24(14-12-23)19(25)15-3-5-16(22)6-4-15/h3-10H,11-14H2,1-2H3,(H,26,27). The van der Waals surface area contributed by atoms with E-state index in [0.717, 1.165) is 18.8 Å². The Balaban J connectivity index is 1.58. The molecule has 6 nitrogen and oxygen atoms in total. The number of rotatable bonds is 5. The van der Waals surface area contributed by atoms with E-state index in [0.29, 0.717) is 29.4 Å². The predicted molar refractivity (Wildman–Crippen MR) is 108 cm³/mol. The number of aliphatic carboxylic acids is 1. The van der Waals surface area contributed by atoms with Crippen molar-refractivity contribution < 1.29 is 19.4 Å². The molecule has 1 heterocycles. The number of benzene rings is 2. The van der Waals surface area contributed by atoms with Gasteiger partial charge in [0.25, 0.3) is 5.91 Å². The molecule has 3 rings (SSSR count). The maximum absolute atomic E-state index is 12.6. The maximum Gasteiger partial charge on any atom is 0.347 e. The van der Waals surface area contributed by atoms with Crippen LogP contribution in [0.4, 0.5) is 5.69 Å². The number of ether oxygens (including phenoxy) is 1. The van der Waals surface area contributed by atoms with Crippen LogP contribution in [0.2, 0.25) is 5.02 Å². The Hall–Kier alpha value is -2.73. The molecule has 1 saturated heterocycles. The number of anilines is 1. The molecule has 1 amide bonds. The van der Waals surface area contributed by atoms with Crippen molar-refractivity contribution in [2.45, 2.75) is 19.4 Å². The molecule has 2 aromatic rings. The molecule has 0 unspecified atom stereocenters. The van der Waals surface area contributed by atoms with E-state index in [4.69, 9.17) is 21.4 Å². The fourth-order valence-corrected chi connectivity index (χ4v) is 3.13. The van der Waals surface area contributed by atoms with Gasteiger partial charge in [-0.15, -0.1) is 0 Å². The second-order valence-electron chi connectivity index (χ2n) is 7.20. The van der Waals surface area contributed by atoms with Crippen LogP contribution in [0.3, 0.4) is 0 Å². The molecule has 0 aliphatic carbocycles. The molecule has 7 heteroatoms. The molecule has 1 N–H and O–H groups in total. The van der Waals surface area contributed by atoms with Crippen LogP contribution in [0.5, 0.6) is 5.75 Å². The van der Waals surface area contributed by atoms with Gasteiger partial charge >= 0.3 is 5.97 Å². The number of carboxylic acids is 1. The molecule has 1 aliphatic rings. The molecule has 1 aliphatic heterocycles. The number of halogens is 1. The van der Waals surface area contributed by atoms with Gasteiger partial charge in [-0.25, -0.2) is 4.79 Å². The monoisotopic (exact) mass is 402 g/mol. The maximum atomic E-state index is 12.6. The summed E-state index contributed by atoms with van der Waals surface area (Å²) < 4.78 is 5.53. The Morgan fingerprint density at radius 1 is 0.964 bits per heavy atom. The second kappa shape index (κ2) is 8.10. The molecule has 1 fully saturated rings. The van der Waals surface area contributed by atoms with Crippen molar-refractivity contribution in [2.75, 3.05) is 31.1 Å². The van der Waals surface area contributed by atoms with Gasteiger partial charge in [0.05, 0.1) is 0 Å². The Morgan fingerprint density at radius 3 is 2.07 bits per heavy atom. The van der Waals surface area contributed by atoms with Gasteiger partial charge in [-0.05, 0) is 62.4 Å². The van der Waals surface area contributed by atoms with Crippen LogP contribution in [-0.2, 0) is 4.79 Å². The summed E-state index contributed by atoms with van der Waals surface area (Å²) in [7, 11) is 0. The fourth-order valence-electron chi connectivity index (χ4n) is 3.01. The summed E-state index contributed by atoms with van der Waals surface area (Å²) in [5.74, 6) is -0.498. The number of piperazine rings is 1. The highest BCUT2D eigenvalue weighted by molar-refractivity contribution is 6.30. The first kappa shape index (κ1) is 20.0. The number of carboxylic acid groups (broad SMARTS) is 1. The third-order valence-corrected chi connectivity index (χ3v) is 5.00. The molecule has 0 bridgehead atoms. The summed E-state index contributed by atoms with van der Waals surface area (Å²) in [6.07, 6.45) is 0. The molecule has 148 valence electrons. The number of carbonyl (C=O) groups is 2. The summed E-state index contributed by atoms with van der Waals surface area (Å²) in [6, 6.07) is 14.3.